The molecule has 9 heavy (non-hydrogen) atoms. The van der Waals surface area contributed by atoms with E-state index >= 15 is 0 Å². The van der Waals surface area contributed by atoms with Gasteiger partial charge in [-0.15, -0.1) is 0 Å². The number of hydrogen-bond acceptors (Lipinski definition) is 2. The van der Waals surface area contributed by atoms with Crippen LogP contribution in [0.15, 0.2) is 0 Å². The summed E-state index contributed by atoms with van der Waals surface area (Å²) in [5.41, 5.74) is 0. The van der Waals surface area contributed by atoms with Gasteiger partial charge in [0, 0.05) is 20.2 Å². The minimum absolute atomic E-state index is 0.468. The Labute approximate surface area is 56.8 Å². The second-order valence-corrected chi connectivity index (χ2v) is 2.97. The van der Waals surface area contributed by atoms with Gasteiger partial charge in [-0.3, -0.25) is 0 Å². The number of ether oxygens (including phenoxy) is 1. The number of likely N-dealkylation sites (tertiary alicyclic amines) is 1. The summed E-state index contributed by atoms with van der Waals surface area (Å²) in [5.74, 6) is 0.708. The average molecular weight is 129 g/mol. The van der Waals surface area contributed by atoms with Gasteiger partial charge < -0.3 is 9.64 Å². The van der Waals surface area contributed by atoms with Crippen LogP contribution < -0.4 is 0 Å². The van der Waals surface area contributed by atoms with Gasteiger partial charge in [-0.1, -0.05) is 6.92 Å². The fourth-order valence-electron chi connectivity index (χ4n) is 1.48. The average Bonchev–Trinajstić information content (AvgIpc) is 2.10. The van der Waals surface area contributed by atoms with E-state index < -0.39 is 0 Å². The van der Waals surface area contributed by atoms with Crippen molar-refractivity contribution < 1.29 is 4.74 Å². The smallest absolute Gasteiger partial charge is 0.0735 e. The molecule has 1 saturated heterocycles. The lowest BCUT2D eigenvalue weighted by molar-refractivity contribution is 0.0851. The molecule has 0 aromatic rings. The number of rotatable bonds is 1. The normalized spacial score (nSPS) is 37.7. The van der Waals surface area contributed by atoms with Crippen LogP contribution in [0.2, 0.25) is 0 Å². The fourth-order valence-corrected chi connectivity index (χ4v) is 1.48. The molecule has 0 bridgehead atoms. The molecule has 1 fully saturated rings. The third-order valence-corrected chi connectivity index (χ3v) is 2.03. The van der Waals surface area contributed by atoms with E-state index in [4.69, 9.17) is 4.74 Å². The molecule has 0 aromatic carbocycles. The number of methoxy groups -OCH3 is 1. The van der Waals surface area contributed by atoms with Crippen LogP contribution in [0.4, 0.5) is 0 Å². The Kier molecular flexibility index (Phi) is 2.09. The minimum Gasteiger partial charge on any atom is -0.380 e. The maximum Gasteiger partial charge on any atom is 0.0735 e. The van der Waals surface area contributed by atoms with E-state index in [2.05, 4.69) is 18.9 Å². The predicted octanol–water partition coefficient (Wildman–Crippen LogP) is 0.583. The van der Waals surface area contributed by atoms with E-state index in [-0.39, 0.29) is 0 Å². The van der Waals surface area contributed by atoms with Crippen LogP contribution in [0.3, 0.4) is 0 Å². The third-order valence-electron chi connectivity index (χ3n) is 2.03. The van der Waals surface area contributed by atoms with Gasteiger partial charge in [-0.05, 0) is 13.0 Å². The standard InChI is InChI=1S/C7H15NO/c1-6-4-8(2)5-7(6)9-3/h6-7H,4-5H2,1-3H3/t6-,7?/m0/s1. The molecule has 0 radical (unpaired) electrons. The van der Waals surface area contributed by atoms with Crippen LogP contribution in [0.25, 0.3) is 0 Å². The van der Waals surface area contributed by atoms with E-state index in [9.17, 15) is 0 Å². The van der Waals surface area contributed by atoms with E-state index in [1.54, 1.807) is 7.11 Å². The summed E-state index contributed by atoms with van der Waals surface area (Å²) in [6, 6.07) is 0. The fraction of sp³-hybridized carbons (Fsp3) is 1.00. The summed E-state index contributed by atoms with van der Waals surface area (Å²) in [6.45, 7) is 4.51. The molecule has 0 aliphatic carbocycles. The van der Waals surface area contributed by atoms with Crippen molar-refractivity contribution in [2.45, 2.75) is 13.0 Å². The van der Waals surface area contributed by atoms with Crippen molar-refractivity contribution in [1.82, 2.24) is 4.90 Å². The Hall–Kier alpha value is -0.0800. The molecule has 54 valence electrons. The molecule has 1 heterocycles. The van der Waals surface area contributed by atoms with Crippen LogP contribution in [-0.4, -0.2) is 38.3 Å². The molecule has 2 nitrogen and oxygen atoms in total. The van der Waals surface area contributed by atoms with Crippen LogP contribution in [-0.2, 0) is 4.74 Å². The molecular formula is C7H15NO. The Bertz CT molecular complexity index is 94.9. The Balaban J connectivity index is 2.38. The zero-order chi connectivity index (χ0) is 6.85. The summed E-state index contributed by atoms with van der Waals surface area (Å²) < 4.78 is 5.25. The minimum atomic E-state index is 0.468. The van der Waals surface area contributed by atoms with Crippen LogP contribution in [0, 0.1) is 5.92 Å². The Morgan fingerprint density at radius 3 is 2.33 bits per heavy atom. The number of nitrogens with zero attached hydrogens (tertiary/aromatic N) is 1. The second kappa shape index (κ2) is 2.67. The highest BCUT2D eigenvalue weighted by atomic mass is 16.5. The van der Waals surface area contributed by atoms with Gasteiger partial charge in [0.05, 0.1) is 6.10 Å². The second-order valence-electron chi connectivity index (χ2n) is 2.97. The summed E-state index contributed by atoms with van der Waals surface area (Å²) in [4.78, 5) is 2.30. The lowest BCUT2D eigenvalue weighted by Gasteiger charge is -2.10. The highest BCUT2D eigenvalue weighted by Gasteiger charge is 2.26. The summed E-state index contributed by atoms with van der Waals surface area (Å²) in [6.07, 6.45) is 0.468. The molecule has 1 aliphatic heterocycles. The number of likely N-dealkylation sites (N-methyl/N-ethyl adjacent to an activating group) is 1. The van der Waals surface area contributed by atoms with Crippen molar-refractivity contribution in [3.05, 3.63) is 0 Å². The molecule has 1 aliphatic rings. The largest absolute Gasteiger partial charge is 0.380 e. The molecule has 0 aromatic heterocycles. The first-order valence-corrected chi connectivity index (χ1v) is 3.45. The Morgan fingerprint density at radius 1 is 1.44 bits per heavy atom. The van der Waals surface area contributed by atoms with E-state index in [0.29, 0.717) is 12.0 Å². The molecule has 0 saturated carbocycles. The maximum absolute atomic E-state index is 5.25. The summed E-state index contributed by atoms with van der Waals surface area (Å²) >= 11 is 0. The predicted molar refractivity (Wildman–Crippen MR) is 37.5 cm³/mol. The highest BCUT2D eigenvalue weighted by molar-refractivity contribution is 4.79. The maximum atomic E-state index is 5.25. The van der Waals surface area contributed by atoms with Crippen molar-refractivity contribution in [1.29, 1.82) is 0 Å². The van der Waals surface area contributed by atoms with Crippen molar-refractivity contribution in [3.63, 3.8) is 0 Å². The van der Waals surface area contributed by atoms with Gasteiger partial charge in [0.15, 0.2) is 0 Å². The van der Waals surface area contributed by atoms with E-state index in [0.717, 1.165) is 6.54 Å². The van der Waals surface area contributed by atoms with Gasteiger partial charge in [0.2, 0.25) is 0 Å². The lowest BCUT2D eigenvalue weighted by Crippen LogP contribution is -2.19. The number of hydrogen-bond donors (Lipinski definition) is 0. The van der Waals surface area contributed by atoms with Crippen molar-refractivity contribution in [3.8, 4) is 0 Å². The zero-order valence-electron chi connectivity index (χ0n) is 6.42. The first-order valence-electron chi connectivity index (χ1n) is 3.45. The molecule has 0 spiro atoms. The molecule has 0 N–H and O–H groups in total. The van der Waals surface area contributed by atoms with Crippen molar-refractivity contribution in [2.75, 3.05) is 27.2 Å². The molecular weight excluding hydrogens is 114 g/mol. The molecule has 2 heteroatoms. The molecule has 2 atom stereocenters. The van der Waals surface area contributed by atoms with Gasteiger partial charge >= 0.3 is 0 Å². The molecule has 0 amide bonds. The first kappa shape index (κ1) is 7.03. The lowest BCUT2D eigenvalue weighted by atomic mass is 10.1. The van der Waals surface area contributed by atoms with Crippen molar-refractivity contribution >= 4 is 0 Å². The molecule has 1 unspecified atom stereocenters. The zero-order valence-corrected chi connectivity index (χ0v) is 6.42. The van der Waals surface area contributed by atoms with E-state index in [1.807, 2.05) is 0 Å². The summed E-state index contributed by atoms with van der Waals surface area (Å²) in [5, 5.41) is 0. The Morgan fingerprint density at radius 2 is 2.11 bits per heavy atom. The SMILES string of the molecule is COC1CN(C)C[C@@H]1C. The van der Waals surface area contributed by atoms with Crippen LogP contribution in [0.5, 0.6) is 0 Å². The highest BCUT2D eigenvalue weighted by Crippen LogP contribution is 2.16. The van der Waals surface area contributed by atoms with Crippen LogP contribution in [0.1, 0.15) is 6.92 Å². The molecule has 1 rings (SSSR count). The third kappa shape index (κ3) is 1.43. The topological polar surface area (TPSA) is 12.5 Å². The summed E-state index contributed by atoms with van der Waals surface area (Å²) in [7, 11) is 3.93. The first-order chi connectivity index (χ1) is 4.24. The van der Waals surface area contributed by atoms with Gasteiger partial charge in [-0.2, -0.15) is 0 Å². The van der Waals surface area contributed by atoms with Gasteiger partial charge in [-0.25, -0.2) is 0 Å². The quantitative estimate of drug-likeness (QED) is 0.513. The van der Waals surface area contributed by atoms with E-state index in [1.165, 1.54) is 6.54 Å². The van der Waals surface area contributed by atoms with Crippen LogP contribution >= 0.6 is 0 Å². The van der Waals surface area contributed by atoms with Crippen molar-refractivity contribution in [2.24, 2.45) is 5.92 Å². The van der Waals surface area contributed by atoms with Gasteiger partial charge in [0.1, 0.15) is 0 Å². The van der Waals surface area contributed by atoms with Gasteiger partial charge in [0.25, 0.3) is 0 Å². The monoisotopic (exact) mass is 129 g/mol.